The third kappa shape index (κ3) is 2.33. The molecule has 0 aromatic heterocycles. The number of carbonyl (C=O) groups excluding carboxylic acids is 1. The lowest BCUT2D eigenvalue weighted by Crippen LogP contribution is -2.00. The molecule has 0 atom stereocenters. The van der Waals surface area contributed by atoms with E-state index in [-0.39, 0.29) is 5.97 Å². The van der Waals surface area contributed by atoms with Crippen molar-refractivity contribution in [2.75, 3.05) is 0 Å². The molecule has 0 radical (unpaired) electrons. The van der Waals surface area contributed by atoms with Gasteiger partial charge in [-0.3, -0.25) is 0 Å². The van der Waals surface area contributed by atoms with Gasteiger partial charge in [-0.05, 0) is 31.4 Å². The maximum atomic E-state index is 11.2. The summed E-state index contributed by atoms with van der Waals surface area (Å²) in [6, 6.07) is 8.11. The number of hydrogen-bond donors (Lipinski definition) is 0. The Morgan fingerprint density at radius 2 is 1.94 bits per heavy atom. The molecular weight excluding hydrogens is 222 g/mol. The van der Waals surface area contributed by atoms with Crippen LogP contribution in [0.3, 0.4) is 0 Å². The van der Waals surface area contributed by atoms with E-state index in [0.717, 1.165) is 4.90 Å². The van der Waals surface area contributed by atoms with E-state index >= 15 is 0 Å². The van der Waals surface area contributed by atoms with Crippen LogP contribution in [-0.2, 0) is 9.63 Å². The van der Waals surface area contributed by atoms with Crippen LogP contribution in [0.25, 0.3) is 0 Å². The summed E-state index contributed by atoms with van der Waals surface area (Å²) in [6.45, 7) is 3.80. The van der Waals surface area contributed by atoms with E-state index in [9.17, 15) is 4.79 Å². The fourth-order valence-corrected chi connectivity index (χ4v) is 2.05. The van der Waals surface area contributed by atoms with Crippen molar-refractivity contribution in [1.29, 1.82) is 0 Å². The lowest BCUT2D eigenvalue weighted by atomic mass is 10.2. The van der Waals surface area contributed by atoms with Crippen molar-refractivity contribution in [2.24, 2.45) is 5.16 Å². The molecule has 4 heteroatoms. The van der Waals surface area contributed by atoms with Crippen molar-refractivity contribution in [3.8, 4) is 0 Å². The summed E-state index contributed by atoms with van der Waals surface area (Å²) in [7, 11) is 0. The number of aryl methyl sites for hydroxylation is 1. The predicted molar refractivity (Wildman–Crippen MR) is 64.3 cm³/mol. The first-order chi connectivity index (χ1) is 7.66. The second kappa shape index (κ2) is 4.53. The molecule has 0 unspecified atom stereocenters. The highest BCUT2D eigenvalue weighted by Crippen LogP contribution is 2.23. The summed E-state index contributed by atoms with van der Waals surface area (Å²) < 4.78 is 0. The highest BCUT2D eigenvalue weighted by molar-refractivity contribution is 8.02. The van der Waals surface area contributed by atoms with E-state index in [4.69, 9.17) is 0 Å². The third-order valence-corrected chi connectivity index (χ3v) is 3.11. The molecule has 1 aromatic carbocycles. The van der Waals surface area contributed by atoms with Crippen molar-refractivity contribution in [1.82, 2.24) is 0 Å². The zero-order chi connectivity index (χ0) is 11.5. The van der Waals surface area contributed by atoms with Crippen LogP contribution in [0.15, 0.2) is 45.3 Å². The number of oxime groups is 1. The lowest BCUT2D eigenvalue weighted by Gasteiger charge is -1.97. The Balaban J connectivity index is 2.12. The molecule has 16 heavy (non-hydrogen) atoms. The van der Waals surface area contributed by atoms with Gasteiger partial charge in [-0.2, -0.15) is 0 Å². The molecule has 1 heterocycles. The smallest absolute Gasteiger partial charge is 0.312 e. The molecule has 0 aliphatic carbocycles. The van der Waals surface area contributed by atoms with E-state index in [1.165, 1.54) is 17.3 Å². The van der Waals surface area contributed by atoms with Crippen LogP contribution in [-0.4, -0.2) is 11.7 Å². The van der Waals surface area contributed by atoms with Crippen LogP contribution in [0, 0.1) is 6.92 Å². The van der Waals surface area contributed by atoms with Gasteiger partial charge in [-0.15, -0.1) is 0 Å². The van der Waals surface area contributed by atoms with Gasteiger partial charge in [0, 0.05) is 4.90 Å². The highest BCUT2D eigenvalue weighted by Gasteiger charge is 2.21. The summed E-state index contributed by atoms with van der Waals surface area (Å²) in [6.07, 6.45) is 0. The van der Waals surface area contributed by atoms with Gasteiger partial charge in [-0.25, -0.2) is 4.79 Å². The Kier molecular flexibility index (Phi) is 3.10. The Bertz CT molecular complexity index is 474. The molecule has 1 aromatic rings. The Morgan fingerprint density at radius 3 is 2.50 bits per heavy atom. The van der Waals surface area contributed by atoms with E-state index in [1.54, 1.807) is 12.3 Å². The largest absolute Gasteiger partial charge is 0.368 e. The molecule has 2 rings (SSSR count). The second-order valence-corrected chi connectivity index (χ2v) is 4.46. The average molecular weight is 233 g/mol. The van der Waals surface area contributed by atoms with E-state index in [0.29, 0.717) is 11.3 Å². The van der Waals surface area contributed by atoms with Crippen molar-refractivity contribution in [2.45, 2.75) is 18.7 Å². The molecular formula is C12H11NO2S. The first-order valence-corrected chi connectivity index (χ1v) is 5.74. The van der Waals surface area contributed by atoms with E-state index in [2.05, 4.69) is 9.99 Å². The topological polar surface area (TPSA) is 38.7 Å². The molecule has 1 aliphatic heterocycles. The molecule has 0 fully saturated rings. The van der Waals surface area contributed by atoms with Gasteiger partial charge in [0.15, 0.2) is 0 Å². The summed E-state index contributed by atoms with van der Waals surface area (Å²) in [5.41, 5.74) is 2.38. The van der Waals surface area contributed by atoms with Crippen LogP contribution >= 0.6 is 11.8 Å². The van der Waals surface area contributed by atoms with Crippen LogP contribution in [0.1, 0.15) is 12.5 Å². The van der Waals surface area contributed by atoms with Crippen molar-refractivity contribution < 1.29 is 9.63 Å². The predicted octanol–water partition coefficient (Wildman–Crippen LogP) is 2.90. The van der Waals surface area contributed by atoms with Gasteiger partial charge in [-0.1, -0.05) is 34.6 Å². The number of thioether (sulfide) groups is 1. The molecule has 0 amide bonds. The molecule has 1 aliphatic rings. The third-order valence-electron chi connectivity index (χ3n) is 2.21. The van der Waals surface area contributed by atoms with Crippen molar-refractivity contribution >= 4 is 23.4 Å². The van der Waals surface area contributed by atoms with Crippen LogP contribution < -0.4 is 0 Å². The zero-order valence-electron chi connectivity index (χ0n) is 9.06. The first-order valence-electron chi connectivity index (χ1n) is 4.86. The summed E-state index contributed by atoms with van der Waals surface area (Å²) in [5.74, 6) is -0.378. The van der Waals surface area contributed by atoms with Crippen LogP contribution in [0.5, 0.6) is 0 Å². The van der Waals surface area contributed by atoms with Crippen LogP contribution in [0.4, 0.5) is 0 Å². The average Bonchev–Trinajstić information content (AvgIpc) is 2.59. The minimum atomic E-state index is -0.378. The summed E-state index contributed by atoms with van der Waals surface area (Å²) >= 11 is 1.49. The van der Waals surface area contributed by atoms with Gasteiger partial charge in [0.05, 0.1) is 11.3 Å². The molecule has 82 valence electrons. The minimum absolute atomic E-state index is 0.378. The van der Waals surface area contributed by atoms with Gasteiger partial charge < -0.3 is 4.84 Å². The first kappa shape index (κ1) is 11.0. The fourth-order valence-electron chi connectivity index (χ4n) is 1.23. The molecule has 0 saturated heterocycles. The molecule has 0 saturated carbocycles. The normalized spacial score (nSPS) is 17.5. The summed E-state index contributed by atoms with van der Waals surface area (Å²) in [5, 5.41) is 5.39. The second-order valence-electron chi connectivity index (χ2n) is 3.52. The molecule has 0 bridgehead atoms. The van der Waals surface area contributed by atoms with Crippen molar-refractivity contribution in [3.63, 3.8) is 0 Å². The number of nitrogens with zero attached hydrogens (tertiary/aromatic N) is 1. The maximum absolute atomic E-state index is 11.2. The Labute approximate surface area is 98.2 Å². The van der Waals surface area contributed by atoms with E-state index < -0.39 is 0 Å². The molecule has 3 nitrogen and oxygen atoms in total. The number of rotatable bonds is 2. The molecule has 0 spiro atoms. The summed E-state index contributed by atoms with van der Waals surface area (Å²) in [4.78, 5) is 16.9. The van der Waals surface area contributed by atoms with E-state index in [1.807, 2.05) is 31.2 Å². The highest BCUT2D eigenvalue weighted by atomic mass is 32.2. The SMILES string of the molecule is CC1=NOC(=O)C1=CSc1ccc(C)cc1. The Morgan fingerprint density at radius 1 is 1.25 bits per heavy atom. The monoisotopic (exact) mass is 233 g/mol. The maximum Gasteiger partial charge on any atom is 0.368 e. The fraction of sp³-hybridized carbons (Fsp3) is 0.167. The van der Waals surface area contributed by atoms with Crippen LogP contribution in [0.2, 0.25) is 0 Å². The van der Waals surface area contributed by atoms with Crippen molar-refractivity contribution in [3.05, 3.63) is 40.8 Å². The zero-order valence-corrected chi connectivity index (χ0v) is 9.88. The Hall–Kier alpha value is -1.55. The number of carbonyl (C=O) groups is 1. The van der Waals surface area contributed by atoms with Gasteiger partial charge in [0.2, 0.25) is 0 Å². The number of hydrogen-bond acceptors (Lipinski definition) is 4. The standard InChI is InChI=1S/C12H11NO2S/c1-8-3-5-10(6-4-8)16-7-11-9(2)13-15-12(11)14/h3-7H,1-2H3. The number of benzene rings is 1. The lowest BCUT2D eigenvalue weighted by molar-refractivity contribution is -0.136. The van der Waals surface area contributed by atoms with Gasteiger partial charge in [0.1, 0.15) is 0 Å². The van der Waals surface area contributed by atoms with Gasteiger partial charge >= 0.3 is 5.97 Å². The molecule has 0 N–H and O–H groups in total. The van der Waals surface area contributed by atoms with Gasteiger partial charge in [0.25, 0.3) is 0 Å². The quantitative estimate of drug-likeness (QED) is 0.448. The minimum Gasteiger partial charge on any atom is -0.312 e.